The fourth-order valence-electron chi connectivity index (χ4n) is 3.74. The molecule has 3 aromatic carbocycles. The van der Waals surface area contributed by atoms with Crippen LogP contribution in [0.2, 0.25) is 0 Å². The fourth-order valence-corrected chi connectivity index (χ4v) is 4.01. The van der Waals surface area contributed by atoms with Crippen LogP contribution in [-0.2, 0) is 6.42 Å². The third-order valence-electron chi connectivity index (χ3n) is 5.08. The minimum Gasteiger partial charge on any atom is -0.440 e. The fraction of sp³-hybridized carbons (Fsp3) is 0.0870. The summed E-state index contributed by atoms with van der Waals surface area (Å²) in [6, 6.07) is 20.5. The normalized spacial score (nSPS) is 17.9. The van der Waals surface area contributed by atoms with Crippen LogP contribution >= 0.6 is 12.2 Å². The predicted molar refractivity (Wildman–Crippen MR) is 112 cm³/mol. The van der Waals surface area contributed by atoms with Crippen molar-refractivity contribution in [3.63, 3.8) is 0 Å². The lowest BCUT2D eigenvalue weighted by atomic mass is 9.98. The first kappa shape index (κ1) is 17.8. The average Bonchev–Trinajstić information content (AvgIpc) is 2.73. The summed E-state index contributed by atoms with van der Waals surface area (Å²) in [6.07, 6.45) is 0.0629. The van der Waals surface area contributed by atoms with E-state index in [0.29, 0.717) is 28.7 Å². The van der Waals surface area contributed by atoms with Gasteiger partial charge in [-0.2, -0.15) is 0 Å². The Balaban J connectivity index is 1.67. The van der Waals surface area contributed by atoms with Crippen LogP contribution < -0.4 is 15.0 Å². The summed E-state index contributed by atoms with van der Waals surface area (Å²) in [5.74, 6) is 0.438. The first-order valence-electron chi connectivity index (χ1n) is 9.20. The second-order valence-corrected chi connectivity index (χ2v) is 7.36. The molecule has 0 fully saturated rings. The quantitative estimate of drug-likeness (QED) is 0.588. The number of fused-ring (bicyclic) bond motifs is 1. The molecule has 3 aromatic rings. The molecule has 144 valence electrons. The van der Waals surface area contributed by atoms with Crippen molar-refractivity contribution in [2.45, 2.75) is 12.6 Å². The van der Waals surface area contributed by atoms with E-state index in [-0.39, 0.29) is 17.8 Å². The molecular weight excluding hydrogens is 390 g/mol. The Morgan fingerprint density at radius 2 is 1.72 bits per heavy atom. The molecule has 1 N–H and O–H groups in total. The van der Waals surface area contributed by atoms with Gasteiger partial charge in [-0.1, -0.05) is 48.6 Å². The molecule has 2 heterocycles. The highest BCUT2D eigenvalue weighted by molar-refractivity contribution is 7.80. The largest absolute Gasteiger partial charge is 0.440 e. The number of hydrogen-bond donors (Lipinski definition) is 1. The van der Waals surface area contributed by atoms with E-state index in [9.17, 15) is 8.78 Å². The van der Waals surface area contributed by atoms with Gasteiger partial charge in [0.25, 0.3) is 0 Å². The molecule has 2 aliphatic heterocycles. The molecule has 29 heavy (non-hydrogen) atoms. The summed E-state index contributed by atoms with van der Waals surface area (Å²) in [7, 11) is 0. The van der Waals surface area contributed by atoms with Crippen molar-refractivity contribution in [2.24, 2.45) is 0 Å². The molecular formula is C23H16F2N2OS. The summed E-state index contributed by atoms with van der Waals surface area (Å²) in [5.41, 5.74) is 3.06. The number of nitrogens with zero attached hydrogens (tertiary/aromatic N) is 1. The van der Waals surface area contributed by atoms with E-state index in [4.69, 9.17) is 17.0 Å². The monoisotopic (exact) mass is 406 g/mol. The maximum absolute atomic E-state index is 14.1. The molecule has 3 nitrogen and oxygen atoms in total. The van der Waals surface area contributed by atoms with Gasteiger partial charge in [-0.05, 0) is 42.0 Å². The molecule has 2 aliphatic rings. The summed E-state index contributed by atoms with van der Waals surface area (Å²) in [5, 5.41) is 3.35. The number of anilines is 1. The highest BCUT2D eigenvalue weighted by Crippen LogP contribution is 2.40. The minimum absolute atomic E-state index is 0.324. The Hall–Kier alpha value is -3.25. The maximum Gasteiger partial charge on any atom is 0.208 e. The van der Waals surface area contributed by atoms with Crippen LogP contribution in [0.1, 0.15) is 17.3 Å². The van der Waals surface area contributed by atoms with Gasteiger partial charge in [0.2, 0.25) is 5.88 Å². The van der Waals surface area contributed by atoms with Crippen LogP contribution in [0.3, 0.4) is 0 Å². The van der Waals surface area contributed by atoms with Crippen LogP contribution in [-0.4, -0.2) is 4.99 Å². The number of ether oxygens (including phenoxy) is 1. The van der Waals surface area contributed by atoms with Crippen LogP contribution in [0, 0.1) is 11.6 Å². The SMILES string of the molecule is Fc1cccc(N2C3=C(Cc4cc(F)ccc4O3)C(=S)N[C@@H]2c2ccccc2)c1. The highest BCUT2D eigenvalue weighted by atomic mass is 32.1. The van der Waals surface area contributed by atoms with Crippen LogP contribution in [0.25, 0.3) is 0 Å². The lowest BCUT2D eigenvalue weighted by molar-refractivity contribution is 0.358. The standard InChI is InChI=1S/C23H16F2N2OS/c24-16-7-4-8-18(13-16)27-21(14-5-2-1-3-6-14)26-22(29)19-12-15-11-17(25)9-10-20(15)28-23(19)27/h1-11,13,21H,12H2,(H,26,29)/t21-/m0/s1. The van der Waals surface area contributed by atoms with Gasteiger partial charge >= 0.3 is 0 Å². The van der Waals surface area contributed by atoms with E-state index in [1.54, 1.807) is 12.1 Å². The molecule has 5 rings (SSSR count). The first-order valence-corrected chi connectivity index (χ1v) is 9.61. The van der Waals surface area contributed by atoms with Crippen LogP contribution in [0.15, 0.2) is 84.3 Å². The topological polar surface area (TPSA) is 24.5 Å². The van der Waals surface area contributed by atoms with E-state index >= 15 is 0 Å². The Bertz CT molecular complexity index is 1150. The molecule has 0 saturated heterocycles. The van der Waals surface area contributed by atoms with E-state index in [2.05, 4.69) is 5.32 Å². The lowest BCUT2D eigenvalue weighted by Crippen LogP contribution is -2.49. The summed E-state index contributed by atoms with van der Waals surface area (Å²) >= 11 is 5.63. The molecule has 0 aromatic heterocycles. The van der Waals surface area contributed by atoms with Crippen LogP contribution in [0.4, 0.5) is 14.5 Å². The molecule has 0 aliphatic carbocycles. The van der Waals surface area contributed by atoms with Crippen LogP contribution in [0.5, 0.6) is 5.75 Å². The third-order valence-corrected chi connectivity index (χ3v) is 5.44. The van der Waals surface area contributed by atoms with E-state index in [0.717, 1.165) is 16.7 Å². The van der Waals surface area contributed by atoms with Gasteiger partial charge < -0.3 is 10.1 Å². The number of hydrogen-bond acceptors (Lipinski definition) is 3. The van der Waals surface area contributed by atoms with Crippen molar-refractivity contribution < 1.29 is 13.5 Å². The molecule has 1 atom stereocenters. The van der Waals surface area contributed by atoms with Gasteiger partial charge in [0.1, 0.15) is 28.5 Å². The highest BCUT2D eigenvalue weighted by Gasteiger charge is 2.37. The predicted octanol–water partition coefficient (Wildman–Crippen LogP) is 5.25. The Morgan fingerprint density at radius 1 is 0.931 bits per heavy atom. The van der Waals surface area contributed by atoms with E-state index in [1.165, 1.54) is 24.3 Å². The van der Waals surface area contributed by atoms with Gasteiger partial charge in [-0.3, -0.25) is 4.90 Å². The van der Waals surface area contributed by atoms with Crippen molar-refractivity contribution in [1.82, 2.24) is 5.32 Å². The molecule has 0 bridgehead atoms. The maximum atomic E-state index is 14.1. The molecule has 0 unspecified atom stereocenters. The number of rotatable bonds is 2. The van der Waals surface area contributed by atoms with Crippen molar-refractivity contribution in [1.29, 1.82) is 0 Å². The molecule has 0 amide bonds. The number of thiocarbonyl (C=S) groups is 1. The smallest absolute Gasteiger partial charge is 0.208 e. The van der Waals surface area contributed by atoms with Crippen molar-refractivity contribution in [3.05, 3.63) is 107 Å². The Morgan fingerprint density at radius 3 is 2.52 bits per heavy atom. The van der Waals surface area contributed by atoms with Crippen molar-refractivity contribution in [3.8, 4) is 5.75 Å². The molecule has 0 radical (unpaired) electrons. The van der Waals surface area contributed by atoms with Gasteiger partial charge in [-0.15, -0.1) is 0 Å². The summed E-state index contributed by atoms with van der Waals surface area (Å²) in [6.45, 7) is 0. The summed E-state index contributed by atoms with van der Waals surface area (Å²) < 4.78 is 34.0. The van der Waals surface area contributed by atoms with Gasteiger partial charge in [0.05, 0.1) is 5.57 Å². The lowest BCUT2D eigenvalue weighted by Gasteiger charge is -2.42. The zero-order valence-electron chi connectivity index (χ0n) is 15.2. The minimum atomic E-state index is -0.369. The first-order chi connectivity index (χ1) is 14.1. The Labute approximate surface area is 172 Å². The number of halogens is 2. The summed E-state index contributed by atoms with van der Waals surface area (Å²) in [4.78, 5) is 2.44. The number of nitrogens with one attached hydrogen (secondary N) is 1. The number of benzene rings is 3. The zero-order valence-corrected chi connectivity index (χ0v) is 16.0. The van der Waals surface area contributed by atoms with Gasteiger partial charge in [0.15, 0.2) is 0 Å². The average molecular weight is 406 g/mol. The van der Waals surface area contributed by atoms with Crippen molar-refractivity contribution >= 4 is 22.9 Å². The molecule has 0 spiro atoms. The van der Waals surface area contributed by atoms with Gasteiger partial charge in [0, 0.05) is 17.7 Å². The van der Waals surface area contributed by atoms with E-state index < -0.39 is 0 Å². The Kier molecular flexibility index (Phi) is 4.28. The third kappa shape index (κ3) is 3.15. The zero-order chi connectivity index (χ0) is 20.0. The van der Waals surface area contributed by atoms with E-state index in [1.807, 2.05) is 41.3 Å². The van der Waals surface area contributed by atoms with Gasteiger partial charge in [-0.25, -0.2) is 8.78 Å². The second kappa shape index (κ2) is 6.97. The second-order valence-electron chi connectivity index (χ2n) is 6.95. The molecule has 0 saturated carbocycles. The van der Waals surface area contributed by atoms with Crippen molar-refractivity contribution in [2.75, 3.05) is 4.90 Å². The molecule has 6 heteroatoms.